The predicted octanol–water partition coefficient (Wildman–Crippen LogP) is 1.58. The van der Waals surface area contributed by atoms with Crippen LogP contribution in [0.3, 0.4) is 0 Å². The zero-order valence-corrected chi connectivity index (χ0v) is 12.0. The molecule has 0 saturated carbocycles. The van der Waals surface area contributed by atoms with Crippen LogP contribution in [0.4, 0.5) is 0 Å². The Bertz CT molecular complexity index is 685. The van der Waals surface area contributed by atoms with Crippen LogP contribution in [0.25, 0.3) is 0 Å². The van der Waals surface area contributed by atoms with Crippen molar-refractivity contribution in [2.75, 3.05) is 0 Å². The molecule has 0 fully saturated rings. The van der Waals surface area contributed by atoms with E-state index in [1.165, 1.54) is 4.68 Å². The molecule has 0 spiro atoms. The van der Waals surface area contributed by atoms with E-state index in [1.54, 1.807) is 4.57 Å². The van der Waals surface area contributed by atoms with Crippen molar-refractivity contribution < 1.29 is 4.79 Å². The van der Waals surface area contributed by atoms with Crippen LogP contribution in [-0.2, 0) is 30.7 Å². The number of fused-ring (bicyclic) bond motifs is 1. The second-order valence-electron chi connectivity index (χ2n) is 5.52. The molecule has 1 aromatic heterocycles. The first-order valence-corrected chi connectivity index (χ1v) is 7.46. The van der Waals surface area contributed by atoms with Gasteiger partial charge in [-0.1, -0.05) is 36.8 Å². The Morgan fingerprint density at radius 1 is 1.14 bits per heavy atom. The van der Waals surface area contributed by atoms with Gasteiger partial charge in [0.2, 0.25) is 0 Å². The Morgan fingerprint density at radius 3 is 2.76 bits per heavy atom. The highest BCUT2D eigenvalue weighted by Gasteiger charge is 2.17. The molecule has 0 amide bonds. The van der Waals surface area contributed by atoms with Crippen molar-refractivity contribution in [3.05, 3.63) is 52.2 Å². The van der Waals surface area contributed by atoms with E-state index in [9.17, 15) is 9.59 Å². The highest BCUT2D eigenvalue weighted by Crippen LogP contribution is 2.10. The molecule has 0 radical (unpaired) electrons. The average molecular weight is 285 g/mol. The fourth-order valence-corrected chi connectivity index (χ4v) is 2.77. The summed E-state index contributed by atoms with van der Waals surface area (Å²) < 4.78 is 3.05. The third-order valence-electron chi connectivity index (χ3n) is 3.85. The molecule has 0 bridgehead atoms. The first-order chi connectivity index (χ1) is 10.2. The zero-order valence-electron chi connectivity index (χ0n) is 12.0. The predicted molar refractivity (Wildman–Crippen MR) is 79.2 cm³/mol. The van der Waals surface area contributed by atoms with Gasteiger partial charge in [0, 0.05) is 19.4 Å². The fourth-order valence-electron chi connectivity index (χ4n) is 2.77. The van der Waals surface area contributed by atoms with E-state index in [1.807, 2.05) is 30.3 Å². The van der Waals surface area contributed by atoms with E-state index in [-0.39, 0.29) is 18.0 Å². The van der Waals surface area contributed by atoms with Crippen LogP contribution >= 0.6 is 0 Å². The summed E-state index contributed by atoms with van der Waals surface area (Å²) in [5, 5.41) is 4.34. The molecule has 3 rings (SSSR count). The summed E-state index contributed by atoms with van der Waals surface area (Å²) in [5.74, 6) is 0.835. The lowest BCUT2D eigenvalue weighted by Gasteiger charge is -2.01. The van der Waals surface area contributed by atoms with E-state index < -0.39 is 0 Å². The zero-order chi connectivity index (χ0) is 14.7. The van der Waals surface area contributed by atoms with Crippen molar-refractivity contribution in [2.45, 2.75) is 45.2 Å². The standard InChI is InChI=1S/C16H19N3O2/c20-14(11-13-7-3-1-4-8-13)12-19-16(21)18-10-6-2-5-9-15(18)17-19/h1,3-4,7-8H,2,5-6,9-12H2. The van der Waals surface area contributed by atoms with E-state index in [4.69, 9.17) is 0 Å². The van der Waals surface area contributed by atoms with Gasteiger partial charge in [-0.3, -0.25) is 9.36 Å². The first-order valence-electron chi connectivity index (χ1n) is 7.46. The Labute approximate surface area is 123 Å². The summed E-state index contributed by atoms with van der Waals surface area (Å²) >= 11 is 0. The van der Waals surface area contributed by atoms with Crippen LogP contribution in [0.1, 0.15) is 30.7 Å². The molecule has 2 aromatic rings. The molecule has 110 valence electrons. The van der Waals surface area contributed by atoms with Gasteiger partial charge in [0.25, 0.3) is 0 Å². The van der Waals surface area contributed by atoms with Gasteiger partial charge in [-0.2, -0.15) is 5.10 Å². The summed E-state index contributed by atoms with van der Waals surface area (Å²) in [7, 11) is 0. The van der Waals surface area contributed by atoms with Crippen molar-refractivity contribution in [3.63, 3.8) is 0 Å². The molecule has 0 saturated heterocycles. The van der Waals surface area contributed by atoms with Crippen LogP contribution in [0.2, 0.25) is 0 Å². The molecule has 5 heteroatoms. The Morgan fingerprint density at radius 2 is 1.95 bits per heavy atom. The van der Waals surface area contributed by atoms with Gasteiger partial charge >= 0.3 is 5.69 Å². The van der Waals surface area contributed by atoms with Gasteiger partial charge in [-0.25, -0.2) is 9.48 Å². The molecule has 0 aliphatic carbocycles. The van der Waals surface area contributed by atoms with Gasteiger partial charge in [-0.05, 0) is 18.4 Å². The minimum atomic E-state index is -0.145. The molecule has 2 heterocycles. The van der Waals surface area contributed by atoms with Crippen LogP contribution in [0, 0.1) is 0 Å². The molecular formula is C16H19N3O2. The van der Waals surface area contributed by atoms with Crippen LogP contribution in [-0.4, -0.2) is 20.1 Å². The normalized spacial score (nSPS) is 14.5. The van der Waals surface area contributed by atoms with E-state index >= 15 is 0 Å². The molecule has 0 unspecified atom stereocenters. The molecule has 1 aromatic carbocycles. The highest BCUT2D eigenvalue weighted by molar-refractivity contribution is 5.80. The smallest absolute Gasteiger partial charge is 0.297 e. The van der Waals surface area contributed by atoms with Gasteiger partial charge < -0.3 is 0 Å². The maximum Gasteiger partial charge on any atom is 0.346 e. The Balaban J connectivity index is 1.73. The van der Waals surface area contributed by atoms with E-state index in [0.29, 0.717) is 6.42 Å². The van der Waals surface area contributed by atoms with Crippen molar-refractivity contribution in [2.24, 2.45) is 0 Å². The number of aryl methyl sites for hydroxylation is 1. The van der Waals surface area contributed by atoms with Gasteiger partial charge in [-0.15, -0.1) is 0 Å². The van der Waals surface area contributed by atoms with Crippen molar-refractivity contribution in [1.82, 2.24) is 14.3 Å². The van der Waals surface area contributed by atoms with Crippen LogP contribution in [0.5, 0.6) is 0 Å². The topological polar surface area (TPSA) is 56.9 Å². The summed E-state index contributed by atoms with van der Waals surface area (Å²) in [5.41, 5.74) is 0.824. The number of hydrogen-bond donors (Lipinski definition) is 0. The Kier molecular flexibility index (Phi) is 3.99. The van der Waals surface area contributed by atoms with E-state index in [0.717, 1.165) is 43.6 Å². The van der Waals surface area contributed by atoms with Crippen LogP contribution in [0.15, 0.2) is 35.1 Å². The number of hydrogen-bond acceptors (Lipinski definition) is 3. The van der Waals surface area contributed by atoms with Crippen LogP contribution < -0.4 is 5.69 Å². The number of benzene rings is 1. The lowest BCUT2D eigenvalue weighted by molar-refractivity contribution is -0.119. The molecule has 0 N–H and O–H groups in total. The largest absolute Gasteiger partial charge is 0.346 e. The fraction of sp³-hybridized carbons (Fsp3) is 0.438. The van der Waals surface area contributed by atoms with Gasteiger partial charge in [0.05, 0.1) is 0 Å². The third kappa shape index (κ3) is 3.12. The maximum absolute atomic E-state index is 12.3. The Hall–Kier alpha value is -2.17. The number of ketones is 1. The van der Waals surface area contributed by atoms with Gasteiger partial charge in [0.1, 0.15) is 12.4 Å². The monoisotopic (exact) mass is 285 g/mol. The third-order valence-corrected chi connectivity index (χ3v) is 3.85. The quantitative estimate of drug-likeness (QED) is 0.857. The maximum atomic E-state index is 12.3. The number of carbonyl (C=O) groups excluding carboxylic acids is 1. The summed E-state index contributed by atoms with van der Waals surface area (Å²) in [6.07, 6.45) is 4.38. The number of carbonyl (C=O) groups is 1. The molecule has 5 nitrogen and oxygen atoms in total. The molecular weight excluding hydrogens is 266 g/mol. The first kappa shape index (κ1) is 13.8. The van der Waals surface area contributed by atoms with Gasteiger partial charge in [0.15, 0.2) is 5.78 Å². The number of nitrogens with zero attached hydrogens (tertiary/aromatic N) is 3. The molecule has 1 aliphatic heterocycles. The average Bonchev–Trinajstić information content (AvgIpc) is 2.67. The summed E-state index contributed by atoms with van der Waals surface area (Å²) in [6.45, 7) is 0.786. The van der Waals surface area contributed by atoms with Crippen molar-refractivity contribution >= 4 is 5.78 Å². The SMILES string of the molecule is O=C(Cc1ccccc1)Cn1nc2n(c1=O)CCCCC2. The lowest BCUT2D eigenvalue weighted by Crippen LogP contribution is -2.28. The lowest BCUT2D eigenvalue weighted by atomic mass is 10.1. The summed E-state index contributed by atoms with van der Waals surface area (Å²) in [6, 6.07) is 9.58. The second kappa shape index (κ2) is 6.08. The minimum Gasteiger partial charge on any atom is -0.297 e. The molecule has 1 aliphatic rings. The van der Waals surface area contributed by atoms with Crippen molar-refractivity contribution in [1.29, 1.82) is 0 Å². The number of Topliss-reactive ketones (excluding diaryl/α,β-unsaturated/α-hetero) is 1. The highest BCUT2D eigenvalue weighted by atomic mass is 16.2. The van der Waals surface area contributed by atoms with Crippen molar-refractivity contribution in [3.8, 4) is 0 Å². The second-order valence-corrected chi connectivity index (χ2v) is 5.52. The summed E-state index contributed by atoms with van der Waals surface area (Å²) in [4.78, 5) is 24.4. The van der Waals surface area contributed by atoms with E-state index in [2.05, 4.69) is 5.10 Å². The number of rotatable bonds is 4. The number of aromatic nitrogens is 3. The molecule has 0 atom stereocenters. The molecule has 21 heavy (non-hydrogen) atoms. The minimum absolute atomic E-state index is 0.0107.